The van der Waals surface area contributed by atoms with Crippen LogP contribution in [-0.4, -0.2) is 39.8 Å². The fraction of sp³-hybridized carbons (Fsp3) is 0.409. The summed E-state index contributed by atoms with van der Waals surface area (Å²) < 4.78 is 31.3. The summed E-state index contributed by atoms with van der Waals surface area (Å²) in [7, 11) is -3.60. The van der Waals surface area contributed by atoms with E-state index in [0.29, 0.717) is 18.2 Å². The number of nitrogens with one attached hydrogen (secondary N) is 1. The highest BCUT2D eigenvalue weighted by Crippen LogP contribution is 2.22. The van der Waals surface area contributed by atoms with E-state index in [1.807, 2.05) is 50.2 Å². The van der Waals surface area contributed by atoms with E-state index in [1.54, 1.807) is 12.1 Å². The summed E-state index contributed by atoms with van der Waals surface area (Å²) in [4.78, 5) is 12.5. The molecule has 158 valence electrons. The van der Waals surface area contributed by atoms with Gasteiger partial charge < -0.3 is 10.1 Å². The topological polar surface area (TPSA) is 75.7 Å². The molecular formula is C22H30N2O4S. The van der Waals surface area contributed by atoms with E-state index in [-0.39, 0.29) is 18.5 Å². The van der Waals surface area contributed by atoms with Gasteiger partial charge in [-0.05, 0) is 49.1 Å². The van der Waals surface area contributed by atoms with Crippen LogP contribution in [0.3, 0.4) is 0 Å². The van der Waals surface area contributed by atoms with Gasteiger partial charge in [0.2, 0.25) is 15.9 Å². The lowest BCUT2D eigenvalue weighted by atomic mass is 10.0. The van der Waals surface area contributed by atoms with Crippen LogP contribution >= 0.6 is 0 Å². The number of hydrogen-bond donors (Lipinski definition) is 1. The molecule has 0 aliphatic carbocycles. The Balaban J connectivity index is 2.00. The highest BCUT2D eigenvalue weighted by Gasteiger charge is 2.22. The fourth-order valence-electron chi connectivity index (χ4n) is 2.85. The third-order valence-electron chi connectivity index (χ3n) is 4.53. The minimum atomic E-state index is -3.60. The van der Waals surface area contributed by atoms with Gasteiger partial charge in [0.25, 0.3) is 0 Å². The summed E-state index contributed by atoms with van der Waals surface area (Å²) in [6, 6.07) is 14.6. The standard InChI is InChI=1S/C22H30N2O4S/c1-16(2)19-10-12-20(13-11-19)24(29(5,26)27)14-22(25)23-18(4)15-28-21-9-7-6-8-17(21)3/h6-13,16,18H,14-15H2,1-5H3,(H,23,25)/t18-/m1/s1. The zero-order valence-corrected chi connectivity index (χ0v) is 18.5. The summed E-state index contributed by atoms with van der Waals surface area (Å²) in [5.41, 5.74) is 2.59. The Labute approximate surface area is 173 Å². The normalized spacial score (nSPS) is 12.5. The molecule has 0 fully saturated rings. The number of benzene rings is 2. The van der Waals surface area contributed by atoms with E-state index in [9.17, 15) is 13.2 Å². The van der Waals surface area contributed by atoms with Crippen LogP contribution in [0.4, 0.5) is 5.69 Å². The minimum absolute atomic E-state index is 0.271. The van der Waals surface area contributed by atoms with Gasteiger partial charge in [0.15, 0.2) is 0 Å². The molecule has 6 nitrogen and oxygen atoms in total. The van der Waals surface area contributed by atoms with Gasteiger partial charge in [-0.1, -0.05) is 44.2 Å². The molecule has 1 amide bonds. The summed E-state index contributed by atoms with van der Waals surface area (Å²) >= 11 is 0. The van der Waals surface area contributed by atoms with Gasteiger partial charge in [0.1, 0.15) is 18.9 Å². The molecule has 0 radical (unpaired) electrons. The molecule has 0 saturated heterocycles. The van der Waals surface area contributed by atoms with Crippen LogP contribution in [0.15, 0.2) is 48.5 Å². The Morgan fingerprint density at radius 2 is 1.69 bits per heavy atom. The number of ether oxygens (including phenoxy) is 1. The van der Waals surface area contributed by atoms with E-state index in [4.69, 9.17) is 4.74 Å². The number of amides is 1. The number of rotatable bonds is 9. The van der Waals surface area contributed by atoms with Crippen molar-refractivity contribution in [2.24, 2.45) is 0 Å². The molecule has 0 spiro atoms. The predicted molar refractivity (Wildman–Crippen MR) is 117 cm³/mol. The Kier molecular flexibility index (Phi) is 7.67. The van der Waals surface area contributed by atoms with Crippen molar-refractivity contribution in [3.63, 3.8) is 0 Å². The van der Waals surface area contributed by atoms with Gasteiger partial charge in [-0.15, -0.1) is 0 Å². The number of hydrogen-bond acceptors (Lipinski definition) is 4. The first-order valence-corrected chi connectivity index (χ1v) is 11.5. The average Bonchev–Trinajstić information content (AvgIpc) is 2.64. The maximum atomic E-state index is 12.5. The van der Waals surface area contributed by atoms with Crippen molar-refractivity contribution in [1.29, 1.82) is 0 Å². The van der Waals surface area contributed by atoms with Crippen LogP contribution in [-0.2, 0) is 14.8 Å². The van der Waals surface area contributed by atoms with E-state index in [1.165, 1.54) is 0 Å². The van der Waals surface area contributed by atoms with Crippen LogP contribution in [0.5, 0.6) is 5.75 Å². The Morgan fingerprint density at radius 3 is 2.24 bits per heavy atom. The Bertz CT molecular complexity index is 924. The summed E-state index contributed by atoms with van der Waals surface area (Å²) in [5, 5.41) is 2.80. The zero-order chi connectivity index (χ0) is 21.6. The molecule has 2 aromatic carbocycles. The summed E-state index contributed by atoms with van der Waals surface area (Å²) in [6.07, 6.45) is 1.10. The maximum absolute atomic E-state index is 12.5. The molecule has 0 aromatic heterocycles. The van der Waals surface area contributed by atoms with Crippen LogP contribution in [0.1, 0.15) is 37.8 Å². The third kappa shape index (κ3) is 6.78. The number of aryl methyl sites for hydroxylation is 1. The molecule has 0 saturated carbocycles. The molecule has 0 aliphatic rings. The third-order valence-corrected chi connectivity index (χ3v) is 5.67. The lowest BCUT2D eigenvalue weighted by Gasteiger charge is -2.23. The van der Waals surface area contributed by atoms with Gasteiger partial charge in [0.05, 0.1) is 18.0 Å². The first-order chi connectivity index (χ1) is 13.6. The lowest BCUT2D eigenvalue weighted by molar-refractivity contribution is -0.120. The SMILES string of the molecule is Cc1ccccc1OC[C@@H](C)NC(=O)CN(c1ccc(C(C)C)cc1)S(C)(=O)=O. The van der Waals surface area contributed by atoms with Crippen LogP contribution in [0, 0.1) is 6.92 Å². The number of nitrogens with zero attached hydrogens (tertiary/aromatic N) is 1. The molecule has 29 heavy (non-hydrogen) atoms. The maximum Gasteiger partial charge on any atom is 0.241 e. The molecule has 7 heteroatoms. The van der Waals surface area contributed by atoms with Gasteiger partial charge >= 0.3 is 0 Å². The second-order valence-electron chi connectivity index (χ2n) is 7.56. The van der Waals surface area contributed by atoms with Crippen molar-refractivity contribution in [2.75, 3.05) is 23.7 Å². The number of carbonyl (C=O) groups excluding carboxylic acids is 1. The first kappa shape index (κ1) is 22.7. The average molecular weight is 419 g/mol. The van der Waals surface area contributed by atoms with Gasteiger partial charge in [-0.3, -0.25) is 9.10 Å². The van der Waals surface area contributed by atoms with E-state index >= 15 is 0 Å². The molecule has 2 aromatic rings. The van der Waals surface area contributed by atoms with Crippen LogP contribution in [0.2, 0.25) is 0 Å². The largest absolute Gasteiger partial charge is 0.491 e. The monoisotopic (exact) mass is 418 g/mol. The first-order valence-electron chi connectivity index (χ1n) is 9.63. The van der Waals surface area contributed by atoms with Crippen LogP contribution in [0.25, 0.3) is 0 Å². The smallest absolute Gasteiger partial charge is 0.241 e. The van der Waals surface area contributed by atoms with E-state index < -0.39 is 10.0 Å². The number of para-hydroxylation sites is 1. The number of carbonyl (C=O) groups is 1. The molecular weight excluding hydrogens is 388 g/mol. The van der Waals surface area contributed by atoms with Crippen molar-refractivity contribution >= 4 is 21.6 Å². The molecule has 1 N–H and O–H groups in total. The van der Waals surface area contributed by atoms with Gasteiger partial charge in [0, 0.05) is 0 Å². The van der Waals surface area contributed by atoms with Gasteiger partial charge in [-0.2, -0.15) is 0 Å². The fourth-order valence-corrected chi connectivity index (χ4v) is 3.71. The Hall–Kier alpha value is -2.54. The molecule has 0 heterocycles. The molecule has 0 aliphatic heterocycles. The number of sulfonamides is 1. The summed E-state index contributed by atoms with van der Waals surface area (Å²) in [5.74, 6) is 0.717. The number of anilines is 1. The zero-order valence-electron chi connectivity index (χ0n) is 17.7. The van der Waals surface area contributed by atoms with E-state index in [2.05, 4.69) is 19.2 Å². The Morgan fingerprint density at radius 1 is 1.07 bits per heavy atom. The van der Waals surface area contributed by atoms with Crippen molar-refractivity contribution < 1.29 is 17.9 Å². The quantitative estimate of drug-likeness (QED) is 0.677. The lowest BCUT2D eigenvalue weighted by Crippen LogP contribution is -2.44. The second-order valence-corrected chi connectivity index (χ2v) is 9.47. The van der Waals surface area contributed by atoms with Crippen molar-refractivity contribution in [3.05, 3.63) is 59.7 Å². The molecule has 2 rings (SSSR count). The van der Waals surface area contributed by atoms with Crippen molar-refractivity contribution in [2.45, 2.75) is 39.7 Å². The second kappa shape index (κ2) is 9.78. The van der Waals surface area contributed by atoms with Crippen molar-refractivity contribution in [3.8, 4) is 5.75 Å². The molecule has 0 bridgehead atoms. The molecule has 1 atom stereocenters. The highest BCUT2D eigenvalue weighted by molar-refractivity contribution is 7.92. The molecule has 0 unspecified atom stereocenters. The summed E-state index contributed by atoms with van der Waals surface area (Å²) in [6.45, 7) is 7.91. The highest BCUT2D eigenvalue weighted by atomic mass is 32.2. The van der Waals surface area contributed by atoms with Crippen molar-refractivity contribution in [1.82, 2.24) is 5.32 Å². The van der Waals surface area contributed by atoms with Crippen LogP contribution < -0.4 is 14.4 Å². The minimum Gasteiger partial charge on any atom is -0.491 e. The van der Waals surface area contributed by atoms with Gasteiger partial charge in [-0.25, -0.2) is 8.42 Å². The predicted octanol–water partition coefficient (Wildman–Crippen LogP) is 3.47. The van der Waals surface area contributed by atoms with E-state index in [0.717, 1.165) is 27.4 Å².